The first kappa shape index (κ1) is 25.3. The van der Waals surface area contributed by atoms with Crippen LogP contribution in [0.25, 0.3) is 0 Å². The minimum atomic E-state index is -0.0792. The molecule has 6 nitrogen and oxygen atoms in total. The lowest BCUT2D eigenvalue weighted by atomic mass is 10.0. The van der Waals surface area contributed by atoms with Gasteiger partial charge in [0.2, 0.25) is 5.91 Å². The van der Waals surface area contributed by atoms with Crippen molar-refractivity contribution in [3.8, 4) is 5.75 Å². The Morgan fingerprint density at radius 3 is 2.79 bits per heavy atom. The molecule has 1 N–H and O–H groups in total. The van der Waals surface area contributed by atoms with Crippen LogP contribution < -0.4 is 10.1 Å². The molecule has 1 heterocycles. The van der Waals surface area contributed by atoms with Crippen LogP contribution in [0.4, 0.5) is 5.69 Å². The number of halogens is 1. The number of allylic oxidation sites excluding steroid dienone is 1. The topological polar surface area (TPSA) is 69.0 Å². The van der Waals surface area contributed by atoms with Gasteiger partial charge in [-0.3, -0.25) is 9.36 Å². The first-order chi connectivity index (χ1) is 15.8. The fourth-order valence-corrected chi connectivity index (χ4v) is 4.59. The zero-order valence-corrected chi connectivity index (χ0v) is 22.4. The molecular weight excluding hydrogens is 547 g/mol. The van der Waals surface area contributed by atoms with Crippen LogP contribution in [-0.2, 0) is 17.9 Å². The Balaban J connectivity index is 1.66. The third-order valence-electron chi connectivity index (χ3n) is 5.26. The van der Waals surface area contributed by atoms with Crippen molar-refractivity contribution in [2.45, 2.75) is 51.9 Å². The highest BCUT2D eigenvalue weighted by molar-refractivity contribution is 14.1. The second-order valence-corrected chi connectivity index (χ2v) is 10.2. The van der Waals surface area contributed by atoms with E-state index in [1.807, 2.05) is 35.8 Å². The van der Waals surface area contributed by atoms with Crippen LogP contribution in [0.3, 0.4) is 0 Å². The Labute approximate surface area is 213 Å². The van der Waals surface area contributed by atoms with Gasteiger partial charge in [-0.15, -0.1) is 16.8 Å². The summed E-state index contributed by atoms with van der Waals surface area (Å²) in [7, 11) is 0. The molecule has 0 radical (unpaired) electrons. The quantitative estimate of drug-likeness (QED) is 0.179. The molecule has 0 saturated heterocycles. The van der Waals surface area contributed by atoms with Gasteiger partial charge in [-0.2, -0.15) is 0 Å². The summed E-state index contributed by atoms with van der Waals surface area (Å²) in [6.45, 7) is 13.0. The molecule has 3 rings (SSSR count). The summed E-state index contributed by atoms with van der Waals surface area (Å²) < 4.78 is 9.09. The number of hydrogen-bond acceptors (Lipinski definition) is 5. The molecule has 174 valence electrons. The summed E-state index contributed by atoms with van der Waals surface area (Å²) in [6.07, 6.45) is 1.79. The van der Waals surface area contributed by atoms with Gasteiger partial charge in [-0.1, -0.05) is 43.8 Å². The van der Waals surface area contributed by atoms with E-state index in [4.69, 9.17) is 4.74 Å². The number of nitrogens with zero attached hydrogens (tertiary/aromatic N) is 3. The SMILES string of the molecule is C=CCn1c(COc2cccc(C)c2C)nnc1SCC(=O)Nc1ccc(I)cc1C(C)C. The number of aryl methyl sites for hydroxylation is 1. The number of rotatable bonds is 10. The number of anilines is 1. The van der Waals surface area contributed by atoms with Gasteiger partial charge in [0.05, 0.1) is 5.75 Å². The van der Waals surface area contributed by atoms with Crippen molar-refractivity contribution in [1.82, 2.24) is 14.8 Å². The maximum Gasteiger partial charge on any atom is 0.234 e. The number of thioether (sulfide) groups is 1. The molecule has 1 aromatic heterocycles. The van der Waals surface area contributed by atoms with Gasteiger partial charge in [0.1, 0.15) is 12.4 Å². The van der Waals surface area contributed by atoms with Crippen LogP contribution in [0.1, 0.15) is 42.3 Å². The molecule has 0 unspecified atom stereocenters. The Morgan fingerprint density at radius 1 is 1.27 bits per heavy atom. The van der Waals surface area contributed by atoms with Crippen LogP contribution in [0.2, 0.25) is 0 Å². The lowest BCUT2D eigenvalue weighted by Crippen LogP contribution is -2.16. The second-order valence-electron chi connectivity index (χ2n) is 8.01. The molecule has 1 amide bonds. The lowest BCUT2D eigenvalue weighted by Gasteiger charge is -2.14. The van der Waals surface area contributed by atoms with Crippen molar-refractivity contribution in [3.63, 3.8) is 0 Å². The predicted molar refractivity (Wildman–Crippen MR) is 143 cm³/mol. The van der Waals surface area contributed by atoms with Gasteiger partial charge in [-0.25, -0.2) is 0 Å². The van der Waals surface area contributed by atoms with Crippen LogP contribution in [0, 0.1) is 17.4 Å². The standard InChI is InChI=1S/C25H29IN4O2S/c1-6-12-30-23(14-32-22-9-7-8-17(4)18(22)5)28-29-25(30)33-15-24(31)27-21-11-10-19(26)13-20(21)16(2)3/h6-11,13,16H,1,12,14-15H2,2-5H3,(H,27,31). The van der Waals surface area contributed by atoms with E-state index < -0.39 is 0 Å². The molecule has 0 aliphatic rings. The number of amides is 1. The summed E-state index contributed by atoms with van der Waals surface area (Å²) in [6, 6.07) is 12.1. The number of nitrogens with one attached hydrogen (secondary N) is 1. The molecule has 3 aromatic rings. The fraction of sp³-hybridized carbons (Fsp3) is 0.320. The van der Waals surface area contributed by atoms with Crippen molar-refractivity contribution in [2.75, 3.05) is 11.1 Å². The normalized spacial score (nSPS) is 11.0. The monoisotopic (exact) mass is 576 g/mol. The number of ether oxygens (including phenoxy) is 1. The zero-order chi connectivity index (χ0) is 24.0. The molecule has 2 aromatic carbocycles. The summed E-state index contributed by atoms with van der Waals surface area (Å²) in [4.78, 5) is 12.7. The zero-order valence-electron chi connectivity index (χ0n) is 19.4. The molecule has 33 heavy (non-hydrogen) atoms. The average molecular weight is 577 g/mol. The van der Waals surface area contributed by atoms with E-state index >= 15 is 0 Å². The van der Waals surface area contributed by atoms with Gasteiger partial charge in [0.25, 0.3) is 0 Å². The van der Waals surface area contributed by atoms with E-state index in [1.165, 1.54) is 17.3 Å². The van der Waals surface area contributed by atoms with E-state index in [2.05, 4.69) is 77.6 Å². The molecule has 8 heteroatoms. The molecule has 0 spiro atoms. The highest BCUT2D eigenvalue weighted by Crippen LogP contribution is 2.27. The number of carbonyl (C=O) groups is 1. The van der Waals surface area contributed by atoms with Gasteiger partial charge in [0, 0.05) is 15.8 Å². The third-order valence-corrected chi connectivity index (χ3v) is 6.90. The van der Waals surface area contributed by atoms with Crippen LogP contribution >= 0.6 is 34.4 Å². The highest BCUT2D eigenvalue weighted by atomic mass is 127. The summed E-state index contributed by atoms with van der Waals surface area (Å²) in [5.74, 6) is 1.99. The highest BCUT2D eigenvalue weighted by Gasteiger charge is 2.16. The maximum atomic E-state index is 12.7. The van der Waals surface area contributed by atoms with Gasteiger partial charge in [0.15, 0.2) is 11.0 Å². The van der Waals surface area contributed by atoms with Crippen molar-refractivity contribution < 1.29 is 9.53 Å². The van der Waals surface area contributed by atoms with E-state index in [9.17, 15) is 4.79 Å². The third kappa shape index (κ3) is 6.60. The number of aromatic nitrogens is 3. The summed E-state index contributed by atoms with van der Waals surface area (Å²) in [5.41, 5.74) is 4.26. The summed E-state index contributed by atoms with van der Waals surface area (Å²) in [5, 5.41) is 12.3. The average Bonchev–Trinajstić information content (AvgIpc) is 3.16. The first-order valence-corrected chi connectivity index (χ1v) is 12.8. The molecule has 0 fully saturated rings. The second kappa shape index (κ2) is 11.7. The number of carbonyl (C=O) groups excluding carboxylic acids is 1. The molecule has 0 bridgehead atoms. The Hall–Kier alpha value is -2.33. The Kier molecular flexibility index (Phi) is 8.96. The van der Waals surface area contributed by atoms with Crippen molar-refractivity contribution in [3.05, 3.63) is 75.1 Å². The molecule has 0 aliphatic carbocycles. The molecular formula is C25H29IN4O2S. The van der Waals surface area contributed by atoms with E-state index in [0.29, 0.717) is 23.4 Å². The maximum absolute atomic E-state index is 12.7. The fourth-order valence-electron chi connectivity index (χ4n) is 3.31. The minimum absolute atomic E-state index is 0.0792. The van der Waals surface area contributed by atoms with E-state index in [-0.39, 0.29) is 18.3 Å². The van der Waals surface area contributed by atoms with Crippen LogP contribution in [0.5, 0.6) is 5.75 Å². The number of benzene rings is 2. The summed E-state index contributed by atoms with van der Waals surface area (Å²) >= 11 is 3.64. The number of hydrogen-bond donors (Lipinski definition) is 1. The largest absolute Gasteiger partial charge is 0.485 e. The molecule has 0 atom stereocenters. The van der Waals surface area contributed by atoms with Crippen molar-refractivity contribution >= 4 is 45.9 Å². The van der Waals surface area contributed by atoms with E-state index in [1.54, 1.807) is 6.08 Å². The first-order valence-electron chi connectivity index (χ1n) is 10.7. The smallest absolute Gasteiger partial charge is 0.234 e. The van der Waals surface area contributed by atoms with Gasteiger partial charge >= 0.3 is 0 Å². The Bertz CT molecular complexity index is 1140. The lowest BCUT2D eigenvalue weighted by molar-refractivity contribution is -0.113. The van der Waals surface area contributed by atoms with Crippen molar-refractivity contribution in [2.24, 2.45) is 0 Å². The van der Waals surface area contributed by atoms with Crippen molar-refractivity contribution in [1.29, 1.82) is 0 Å². The molecule has 0 saturated carbocycles. The van der Waals surface area contributed by atoms with E-state index in [0.717, 1.165) is 26.1 Å². The minimum Gasteiger partial charge on any atom is -0.485 e. The predicted octanol–water partition coefficient (Wildman–Crippen LogP) is 6.12. The van der Waals surface area contributed by atoms with Crippen LogP contribution in [0.15, 0.2) is 54.2 Å². The van der Waals surface area contributed by atoms with Crippen LogP contribution in [-0.4, -0.2) is 26.4 Å². The van der Waals surface area contributed by atoms with Gasteiger partial charge < -0.3 is 10.1 Å². The Morgan fingerprint density at radius 2 is 2.06 bits per heavy atom. The molecule has 0 aliphatic heterocycles. The van der Waals surface area contributed by atoms with Gasteiger partial charge in [-0.05, 0) is 83.3 Å².